The van der Waals surface area contributed by atoms with E-state index in [1.807, 2.05) is 0 Å². The lowest BCUT2D eigenvalue weighted by Crippen LogP contribution is -2.19. The Bertz CT molecular complexity index is 313. The number of esters is 1. The molecule has 84 valence electrons. The molecule has 1 aliphatic carbocycles. The predicted molar refractivity (Wildman–Crippen MR) is 57.0 cm³/mol. The van der Waals surface area contributed by atoms with Gasteiger partial charge in [0.05, 0.1) is 0 Å². The SMILES string of the molecule is CC(=O)O/C(C=O)=C1\CC[C@@H](C)C1(C)C. The highest BCUT2D eigenvalue weighted by atomic mass is 16.5. The highest BCUT2D eigenvalue weighted by Gasteiger charge is 2.38. The minimum atomic E-state index is -0.431. The van der Waals surface area contributed by atoms with Gasteiger partial charge >= 0.3 is 5.97 Å². The number of carbonyl (C=O) groups is 2. The Morgan fingerprint density at radius 3 is 2.47 bits per heavy atom. The normalized spacial score (nSPS) is 27.3. The zero-order valence-electron chi connectivity index (χ0n) is 9.79. The Balaban J connectivity index is 3.06. The van der Waals surface area contributed by atoms with Crippen LogP contribution in [0.3, 0.4) is 0 Å². The number of carbonyl (C=O) groups excluding carboxylic acids is 2. The number of allylic oxidation sites excluding steroid dienone is 2. The maximum absolute atomic E-state index is 10.9. The van der Waals surface area contributed by atoms with Gasteiger partial charge in [-0.3, -0.25) is 9.59 Å². The summed E-state index contributed by atoms with van der Waals surface area (Å²) < 4.78 is 4.94. The van der Waals surface area contributed by atoms with Crippen LogP contribution < -0.4 is 0 Å². The second kappa shape index (κ2) is 4.17. The first-order valence-electron chi connectivity index (χ1n) is 5.26. The molecule has 1 atom stereocenters. The first kappa shape index (κ1) is 12.0. The quantitative estimate of drug-likeness (QED) is 0.304. The summed E-state index contributed by atoms with van der Waals surface area (Å²) >= 11 is 0. The van der Waals surface area contributed by atoms with Crippen LogP contribution in [0.25, 0.3) is 0 Å². The third kappa shape index (κ3) is 2.28. The van der Waals surface area contributed by atoms with Crippen molar-refractivity contribution in [2.24, 2.45) is 11.3 Å². The van der Waals surface area contributed by atoms with E-state index in [0.29, 0.717) is 12.2 Å². The van der Waals surface area contributed by atoms with E-state index < -0.39 is 5.97 Å². The minimum absolute atomic E-state index is 0.0499. The standard InChI is InChI=1S/C12H18O3/c1-8-5-6-10(12(8,3)4)11(7-13)15-9(2)14/h7-8H,5-6H2,1-4H3/b11-10+/t8-/m1/s1. The lowest BCUT2D eigenvalue weighted by atomic mass is 9.79. The van der Waals surface area contributed by atoms with Gasteiger partial charge in [-0.25, -0.2) is 0 Å². The molecule has 0 spiro atoms. The summed E-state index contributed by atoms with van der Waals surface area (Å²) in [6.07, 6.45) is 2.53. The van der Waals surface area contributed by atoms with Crippen LogP contribution in [0.4, 0.5) is 0 Å². The molecule has 0 bridgehead atoms. The zero-order chi connectivity index (χ0) is 11.6. The van der Waals surface area contributed by atoms with Gasteiger partial charge in [0.15, 0.2) is 12.0 Å². The van der Waals surface area contributed by atoms with Crippen molar-refractivity contribution in [1.82, 2.24) is 0 Å². The Morgan fingerprint density at radius 1 is 1.53 bits per heavy atom. The molecule has 3 nitrogen and oxygen atoms in total. The number of hydrogen-bond acceptors (Lipinski definition) is 3. The highest BCUT2D eigenvalue weighted by molar-refractivity contribution is 5.79. The lowest BCUT2D eigenvalue weighted by molar-refractivity contribution is -0.138. The van der Waals surface area contributed by atoms with Crippen molar-refractivity contribution in [3.8, 4) is 0 Å². The predicted octanol–water partition coefficient (Wildman–Crippen LogP) is 2.46. The van der Waals surface area contributed by atoms with Crippen LogP contribution in [0.5, 0.6) is 0 Å². The van der Waals surface area contributed by atoms with Crippen LogP contribution in [0.2, 0.25) is 0 Å². The molecular formula is C12H18O3. The molecule has 0 aromatic carbocycles. The third-order valence-corrected chi connectivity index (χ3v) is 3.50. The summed E-state index contributed by atoms with van der Waals surface area (Å²) in [5, 5.41) is 0. The van der Waals surface area contributed by atoms with Gasteiger partial charge in [0.1, 0.15) is 0 Å². The van der Waals surface area contributed by atoms with E-state index in [0.717, 1.165) is 18.4 Å². The van der Waals surface area contributed by atoms with Crippen molar-refractivity contribution in [1.29, 1.82) is 0 Å². The molecule has 0 heterocycles. The Morgan fingerprint density at radius 2 is 2.13 bits per heavy atom. The summed E-state index contributed by atoms with van der Waals surface area (Å²) in [5.74, 6) is 0.301. The van der Waals surface area contributed by atoms with Crippen LogP contribution in [-0.4, -0.2) is 12.3 Å². The number of ether oxygens (including phenoxy) is 1. The fraction of sp³-hybridized carbons (Fsp3) is 0.667. The monoisotopic (exact) mass is 210 g/mol. The molecule has 0 N–H and O–H groups in total. The fourth-order valence-electron chi connectivity index (χ4n) is 2.09. The summed E-state index contributed by atoms with van der Waals surface area (Å²) in [7, 11) is 0. The van der Waals surface area contributed by atoms with Gasteiger partial charge in [-0.15, -0.1) is 0 Å². The lowest BCUT2D eigenvalue weighted by Gasteiger charge is -2.26. The van der Waals surface area contributed by atoms with Crippen LogP contribution >= 0.6 is 0 Å². The topological polar surface area (TPSA) is 43.4 Å². The molecule has 0 radical (unpaired) electrons. The summed E-state index contributed by atoms with van der Waals surface area (Å²) in [5.41, 5.74) is 0.923. The van der Waals surface area contributed by atoms with Crippen molar-refractivity contribution in [3.63, 3.8) is 0 Å². The van der Waals surface area contributed by atoms with Gasteiger partial charge in [0.2, 0.25) is 0 Å². The van der Waals surface area contributed by atoms with Gasteiger partial charge in [0.25, 0.3) is 0 Å². The van der Waals surface area contributed by atoms with Crippen molar-refractivity contribution in [2.75, 3.05) is 0 Å². The van der Waals surface area contributed by atoms with Crippen LogP contribution in [0, 0.1) is 11.3 Å². The molecule has 0 saturated heterocycles. The molecule has 3 heteroatoms. The van der Waals surface area contributed by atoms with Gasteiger partial charge < -0.3 is 4.74 Å². The van der Waals surface area contributed by atoms with Gasteiger partial charge in [0, 0.05) is 6.92 Å². The van der Waals surface area contributed by atoms with Gasteiger partial charge in [-0.1, -0.05) is 20.8 Å². The first-order valence-corrected chi connectivity index (χ1v) is 5.26. The highest BCUT2D eigenvalue weighted by Crippen LogP contribution is 2.47. The van der Waals surface area contributed by atoms with E-state index in [9.17, 15) is 9.59 Å². The largest absolute Gasteiger partial charge is 0.423 e. The molecule has 1 saturated carbocycles. The molecule has 1 fully saturated rings. The molecule has 0 unspecified atom stereocenters. The summed E-state index contributed by atoms with van der Waals surface area (Å²) in [4.78, 5) is 21.7. The Kier molecular flexibility index (Phi) is 3.32. The molecule has 1 rings (SSSR count). The van der Waals surface area contributed by atoms with Crippen molar-refractivity contribution in [2.45, 2.75) is 40.5 Å². The maximum atomic E-state index is 10.9. The average molecular weight is 210 g/mol. The molecule has 1 aliphatic rings. The third-order valence-electron chi connectivity index (χ3n) is 3.50. The van der Waals surface area contributed by atoms with Crippen LogP contribution in [0.1, 0.15) is 40.5 Å². The molecule has 15 heavy (non-hydrogen) atoms. The fourth-order valence-corrected chi connectivity index (χ4v) is 2.09. The van der Waals surface area contributed by atoms with Gasteiger partial charge in [-0.05, 0) is 29.7 Å². The molecule has 0 aromatic heterocycles. The molecular weight excluding hydrogens is 192 g/mol. The van der Waals surface area contributed by atoms with Gasteiger partial charge in [-0.2, -0.15) is 0 Å². The first-order chi connectivity index (χ1) is 6.89. The van der Waals surface area contributed by atoms with E-state index >= 15 is 0 Å². The van der Waals surface area contributed by atoms with Crippen molar-refractivity contribution in [3.05, 3.63) is 11.3 Å². The van der Waals surface area contributed by atoms with E-state index in [1.165, 1.54) is 6.92 Å². The van der Waals surface area contributed by atoms with E-state index in [-0.39, 0.29) is 11.2 Å². The Labute approximate surface area is 90.5 Å². The maximum Gasteiger partial charge on any atom is 0.308 e. The minimum Gasteiger partial charge on any atom is -0.423 e. The molecule has 0 aromatic rings. The van der Waals surface area contributed by atoms with Crippen LogP contribution in [0.15, 0.2) is 11.3 Å². The second-order valence-electron chi connectivity index (χ2n) is 4.72. The number of aldehydes is 1. The zero-order valence-corrected chi connectivity index (χ0v) is 9.79. The summed E-state index contributed by atoms with van der Waals surface area (Å²) in [6.45, 7) is 7.65. The summed E-state index contributed by atoms with van der Waals surface area (Å²) in [6, 6.07) is 0. The van der Waals surface area contributed by atoms with Crippen LogP contribution in [-0.2, 0) is 14.3 Å². The average Bonchev–Trinajstić information content (AvgIpc) is 2.38. The smallest absolute Gasteiger partial charge is 0.308 e. The van der Waals surface area contributed by atoms with E-state index in [4.69, 9.17) is 4.74 Å². The molecule has 0 aliphatic heterocycles. The van der Waals surface area contributed by atoms with Crippen molar-refractivity contribution < 1.29 is 14.3 Å². The number of hydrogen-bond donors (Lipinski definition) is 0. The Hall–Kier alpha value is -1.12. The van der Waals surface area contributed by atoms with Crippen molar-refractivity contribution >= 4 is 12.3 Å². The second-order valence-corrected chi connectivity index (χ2v) is 4.72. The van der Waals surface area contributed by atoms with E-state index in [2.05, 4.69) is 20.8 Å². The van der Waals surface area contributed by atoms with E-state index in [1.54, 1.807) is 0 Å². The molecule has 0 amide bonds. The number of rotatable bonds is 2.